The van der Waals surface area contributed by atoms with E-state index in [2.05, 4.69) is 20.8 Å². The second-order valence-electron chi connectivity index (χ2n) is 4.42. The summed E-state index contributed by atoms with van der Waals surface area (Å²) in [5.74, 6) is 0. The molecule has 0 aliphatic heterocycles. The second kappa shape index (κ2) is 7.66. The molecule has 0 radical (unpaired) electrons. The first-order chi connectivity index (χ1) is 10.2. The molecule has 7 heteroatoms. The Morgan fingerprint density at radius 2 is 2.19 bits per heavy atom. The number of aromatic nitrogens is 2. The largest absolute Gasteiger partial charge is 0.351 e. The zero-order valence-corrected chi connectivity index (χ0v) is 12.4. The lowest BCUT2D eigenvalue weighted by Gasteiger charge is -2.14. The van der Waals surface area contributed by atoms with E-state index in [9.17, 15) is 4.79 Å². The SMILES string of the molecule is CCC(ONC(=O)NCc1ccc(Cl)cc1)c1c[nH]cn1. The van der Waals surface area contributed by atoms with Gasteiger partial charge >= 0.3 is 6.03 Å². The van der Waals surface area contributed by atoms with Crippen molar-refractivity contribution in [3.8, 4) is 0 Å². The molecule has 21 heavy (non-hydrogen) atoms. The number of halogens is 1. The van der Waals surface area contributed by atoms with Crippen LogP contribution >= 0.6 is 11.6 Å². The molecule has 0 saturated heterocycles. The molecule has 112 valence electrons. The number of nitrogens with one attached hydrogen (secondary N) is 3. The van der Waals surface area contributed by atoms with Gasteiger partial charge in [0.25, 0.3) is 0 Å². The molecule has 0 aliphatic carbocycles. The molecule has 0 spiro atoms. The van der Waals surface area contributed by atoms with Crippen molar-refractivity contribution >= 4 is 17.6 Å². The van der Waals surface area contributed by atoms with Gasteiger partial charge in [0.2, 0.25) is 0 Å². The molecular formula is C14H17ClN4O2. The number of carbonyl (C=O) groups is 1. The molecule has 2 amide bonds. The average molecular weight is 309 g/mol. The lowest BCUT2D eigenvalue weighted by molar-refractivity contribution is -0.00967. The van der Waals surface area contributed by atoms with E-state index in [1.54, 1.807) is 24.7 Å². The van der Waals surface area contributed by atoms with Crippen molar-refractivity contribution in [2.75, 3.05) is 0 Å². The summed E-state index contributed by atoms with van der Waals surface area (Å²) in [6.07, 6.45) is 3.73. The van der Waals surface area contributed by atoms with Gasteiger partial charge in [-0.2, -0.15) is 0 Å². The molecule has 1 heterocycles. The number of urea groups is 1. The number of H-pyrrole nitrogens is 1. The van der Waals surface area contributed by atoms with Gasteiger partial charge in [0, 0.05) is 17.8 Å². The lowest BCUT2D eigenvalue weighted by atomic mass is 10.2. The fraction of sp³-hybridized carbons (Fsp3) is 0.286. The highest BCUT2D eigenvalue weighted by Gasteiger charge is 2.13. The number of hydrogen-bond donors (Lipinski definition) is 3. The van der Waals surface area contributed by atoms with Crippen molar-refractivity contribution in [3.05, 3.63) is 53.1 Å². The Morgan fingerprint density at radius 1 is 1.43 bits per heavy atom. The summed E-state index contributed by atoms with van der Waals surface area (Å²) in [7, 11) is 0. The Hall–Kier alpha value is -2.05. The summed E-state index contributed by atoms with van der Waals surface area (Å²) in [5.41, 5.74) is 4.07. The van der Waals surface area contributed by atoms with E-state index in [1.807, 2.05) is 19.1 Å². The Bertz CT molecular complexity index is 557. The van der Waals surface area contributed by atoms with Crippen molar-refractivity contribution in [1.82, 2.24) is 20.8 Å². The predicted octanol–water partition coefficient (Wildman–Crippen LogP) is 2.95. The van der Waals surface area contributed by atoms with Crippen LogP contribution < -0.4 is 10.8 Å². The number of nitrogens with zero attached hydrogens (tertiary/aromatic N) is 1. The minimum atomic E-state index is -0.404. The summed E-state index contributed by atoms with van der Waals surface area (Å²) in [4.78, 5) is 24.0. The van der Waals surface area contributed by atoms with Gasteiger partial charge in [-0.3, -0.25) is 4.84 Å². The van der Waals surface area contributed by atoms with Crippen LogP contribution in [0.5, 0.6) is 0 Å². The number of hydrogen-bond acceptors (Lipinski definition) is 3. The van der Waals surface area contributed by atoms with Crippen LogP contribution in [0.4, 0.5) is 4.79 Å². The minimum absolute atomic E-state index is 0.280. The van der Waals surface area contributed by atoms with E-state index >= 15 is 0 Å². The van der Waals surface area contributed by atoms with Crippen molar-refractivity contribution in [2.45, 2.75) is 26.0 Å². The van der Waals surface area contributed by atoms with E-state index < -0.39 is 6.03 Å². The number of amides is 2. The van der Waals surface area contributed by atoms with Crippen LogP contribution in [0.1, 0.15) is 30.7 Å². The highest BCUT2D eigenvalue weighted by atomic mass is 35.5. The first-order valence-electron chi connectivity index (χ1n) is 6.61. The van der Waals surface area contributed by atoms with Crippen LogP contribution in [0, 0.1) is 0 Å². The maximum atomic E-state index is 11.7. The number of imidazole rings is 1. The van der Waals surface area contributed by atoms with Crippen LogP contribution in [0.15, 0.2) is 36.8 Å². The highest BCUT2D eigenvalue weighted by molar-refractivity contribution is 6.30. The quantitative estimate of drug-likeness (QED) is 0.718. The molecule has 0 saturated carbocycles. The molecule has 1 unspecified atom stereocenters. The number of aromatic amines is 1. The van der Waals surface area contributed by atoms with Crippen molar-refractivity contribution in [3.63, 3.8) is 0 Å². The molecule has 2 rings (SSSR count). The van der Waals surface area contributed by atoms with Gasteiger partial charge in [-0.25, -0.2) is 15.3 Å². The standard InChI is InChI=1S/C14H17ClN4O2/c1-2-13(12-8-16-9-18-12)21-19-14(20)17-7-10-3-5-11(15)6-4-10/h3-6,8-9,13H,2,7H2,1H3,(H,16,18)(H2,17,19,20). The van der Waals surface area contributed by atoms with Gasteiger partial charge < -0.3 is 10.3 Å². The van der Waals surface area contributed by atoms with Crippen molar-refractivity contribution in [2.24, 2.45) is 0 Å². The smallest absolute Gasteiger partial charge is 0.338 e. The molecule has 6 nitrogen and oxygen atoms in total. The van der Waals surface area contributed by atoms with E-state index in [0.717, 1.165) is 11.3 Å². The lowest BCUT2D eigenvalue weighted by Crippen LogP contribution is -2.36. The molecule has 1 atom stereocenters. The summed E-state index contributed by atoms with van der Waals surface area (Å²) in [6, 6.07) is 6.85. The van der Waals surface area contributed by atoms with Crippen LogP contribution in [-0.2, 0) is 11.4 Å². The van der Waals surface area contributed by atoms with Gasteiger partial charge in [0.1, 0.15) is 6.10 Å². The molecule has 1 aromatic carbocycles. The van der Waals surface area contributed by atoms with E-state index in [1.165, 1.54) is 0 Å². The summed E-state index contributed by atoms with van der Waals surface area (Å²) in [6.45, 7) is 2.35. The minimum Gasteiger partial charge on any atom is -0.351 e. The Labute approximate surface area is 127 Å². The third kappa shape index (κ3) is 4.77. The van der Waals surface area contributed by atoms with Gasteiger partial charge in [-0.1, -0.05) is 30.7 Å². The van der Waals surface area contributed by atoms with Gasteiger partial charge in [0.15, 0.2) is 0 Å². The molecule has 1 aromatic heterocycles. The van der Waals surface area contributed by atoms with Crippen LogP contribution in [0.2, 0.25) is 5.02 Å². The zero-order valence-electron chi connectivity index (χ0n) is 11.6. The van der Waals surface area contributed by atoms with Crippen LogP contribution in [0.25, 0.3) is 0 Å². The monoisotopic (exact) mass is 308 g/mol. The molecule has 0 bridgehead atoms. The highest BCUT2D eigenvalue weighted by Crippen LogP contribution is 2.16. The van der Waals surface area contributed by atoms with Gasteiger partial charge in [-0.15, -0.1) is 0 Å². The third-order valence-electron chi connectivity index (χ3n) is 2.88. The first-order valence-corrected chi connectivity index (χ1v) is 6.99. The Kier molecular flexibility index (Phi) is 5.59. The number of benzene rings is 1. The van der Waals surface area contributed by atoms with Crippen LogP contribution in [0.3, 0.4) is 0 Å². The number of hydroxylamine groups is 1. The molecular weight excluding hydrogens is 292 g/mol. The van der Waals surface area contributed by atoms with Crippen molar-refractivity contribution in [1.29, 1.82) is 0 Å². The van der Waals surface area contributed by atoms with E-state index in [0.29, 0.717) is 18.0 Å². The normalized spacial score (nSPS) is 11.9. The number of rotatable bonds is 6. The number of carbonyl (C=O) groups excluding carboxylic acids is 1. The Morgan fingerprint density at radius 3 is 2.81 bits per heavy atom. The van der Waals surface area contributed by atoms with E-state index in [-0.39, 0.29) is 6.10 Å². The maximum Gasteiger partial charge on any atom is 0.338 e. The predicted molar refractivity (Wildman–Crippen MR) is 79.5 cm³/mol. The topological polar surface area (TPSA) is 79.0 Å². The fourth-order valence-electron chi connectivity index (χ4n) is 1.75. The average Bonchev–Trinajstić information content (AvgIpc) is 3.01. The summed E-state index contributed by atoms with van der Waals surface area (Å²) < 4.78 is 0. The van der Waals surface area contributed by atoms with Crippen LogP contribution in [-0.4, -0.2) is 16.0 Å². The van der Waals surface area contributed by atoms with Crippen molar-refractivity contribution < 1.29 is 9.63 Å². The van der Waals surface area contributed by atoms with Gasteiger partial charge in [-0.05, 0) is 24.1 Å². The zero-order chi connectivity index (χ0) is 15.1. The molecule has 0 fully saturated rings. The Balaban J connectivity index is 1.75. The third-order valence-corrected chi connectivity index (χ3v) is 3.13. The fourth-order valence-corrected chi connectivity index (χ4v) is 1.87. The molecule has 2 aromatic rings. The molecule has 3 N–H and O–H groups in total. The second-order valence-corrected chi connectivity index (χ2v) is 4.86. The maximum absolute atomic E-state index is 11.7. The summed E-state index contributed by atoms with van der Waals surface area (Å²) in [5, 5.41) is 3.36. The molecule has 0 aliphatic rings. The summed E-state index contributed by atoms with van der Waals surface area (Å²) >= 11 is 5.80. The van der Waals surface area contributed by atoms with E-state index in [4.69, 9.17) is 16.4 Å². The van der Waals surface area contributed by atoms with Gasteiger partial charge in [0.05, 0.1) is 12.0 Å². The first kappa shape index (κ1) is 15.3.